The van der Waals surface area contributed by atoms with Gasteiger partial charge >= 0.3 is 11.9 Å². The average Bonchev–Trinajstić information content (AvgIpc) is 3.72. The number of carboxylic acids is 2. The molecule has 0 aliphatic carbocycles. The highest BCUT2D eigenvalue weighted by molar-refractivity contribution is 6.31. The molecule has 0 aliphatic heterocycles. The Kier molecular flexibility index (Phi) is 11.9. The van der Waals surface area contributed by atoms with Gasteiger partial charge in [0.15, 0.2) is 11.5 Å². The summed E-state index contributed by atoms with van der Waals surface area (Å²) < 4.78 is 18.1. The minimum atomic E-state index is -1.30. The molecule has 1 atom stereocenters. The van der Waals surface area contributed by atoms with Crippen LogP contribution in [0.25, 0.3) is 11.0 Å². The van der Waals surface area contributed by atoms with Crippen LogP contribution in [0.15, 0.2) is 82.6 Å². The van der Waals surface area contributed by atoms with Crippen molar-refractivity contribution in [2.75, 3.05) is 6.54 Å². The number of aromatic nitrogens is 4. The summed E-state index contributed by atoms with van der Waals surface area (Å²) in [5, 5.41) is 43.7. The Balaban J connectivity index is 0.000000211. The van der Waals surface area contributed by atoms with Gasteiger partial charge in [0.1, 0.15) is 40.6 Å². The van der Waals surface area contributed by atoms with E-state index in [-0.39, 0.29) is 34.2 Å². The Morgan fingerprint density at radius 2 is 1.15 bits per heavy atom. The summed E-state index contributed by atoms with van der Waals surface area (Å²) in [5.74, 6) is -6.26. The summed E-state index contributed by atoms with van der Waals surface area (Å²) in [7, 11) is 0. The molecule has 0 fully saturated rings. The third-order valence-corrected chi connectivity index (χ3v) is 8.64. The van der Waals surface area contributed by atoms with Gasteiger partial charge in [0.25, 0.3) is 22.9 Å². The molecule has 20 heteroatoms. The van der Waals surface area contributed by atoms with E-state index in [1.165, 1.54) is 69.4 Å². The number of benzene rings is 2. The normalized spacial score (nSPS) is 11.5. The molecule has 0 unspecified atom stereocenters. The number of hydrogen-bond acceptors (Lipinski definition) is 8. The smallest absolute Gasteiger partial charge is 0.325 e. The zero-order valence-electron chi connectivity index (χ0n) is 28.2. The number of hydrogen-bond donors (Lipinski definition) is 6. The predicted octanol–water partition coefficient (Wildman–Crippen LogP) is 3.83. The molecule has 16 nitrogen and oxygen atoms in total. The SMILES string of the molecule is C[C@H](NC(=O)c1c(O)c2cc(Cl)cn2n(Cc2ccc(F)cc2)c1=O)C(=O)O.O=C(O)CNC(=O)c1c(O)c2cc(Cl)cn2n(Cc2ccc(Cl)cc2)c1=O. The third-order valence-electron chi connectivity index (χ3n) is 7.97. The molecule has 2 aromatic carbocycles. The molecule has 4 heterocycles. The summed E-state index contributed by atoms with van der Waals surface area (Å²) in [5.41, 5.74) is -1.35. The van der Waals surface area contributed by atoms with Crippen LogP contribution in [0.1, 0.15) is 38.8 Å². The monoisotopic (exact) mass is 816 g/mol. The van der Waals surface area contributed by atoms with E-state index < -0.39 is 75.9 Å². The Hall–Kier alpha value is -6.30. The van der Waals surface area contributed by atoms with Crippen molar-refractivity contribution in [3.8, 4) is 11.5 Å². The molecule has 0 radical (unpaired) electrons. The van der Waals surface area contributed by atoms with Gasteiger partial charge in [-0.1, -0.05) is 59.1 Å². The first-order valence-electron chi connectivity index (χ1n) is 15.8. The standard InChI is InChI=1S/C18H15ClFN3O5.C17H13Cl2N3O5/c1-9(18(27)28)21-16(25)14-15(24)13-6-11(19)8-22(13)23(17(14)26)7-10-2-4-12(20)5-3-10;18-10-3-1-9(2-4-10)7-22-17(27)14(16(26)20-6-13(23)24)15(25)12-5-11(19)8-21(12)22/h2-6,8-9,24H,7H2,1H3,(H,21,25)(H,27,28);1-5,8,25H,6-7H2,(H,20,26)(H,23,24)/t9-;/m0./s1. The molecular formula is C35H28Cl3FN6O10. The van der Waals surface area contributed by atoms with Crippen LogP contribution in [0.3, 0.4) is 0 Å². The first-order valence-corrected chi connectivity index (χ1v) is 16.9. The molecule has 0 aliphatic rings. The van der Waals surface area contributed by atoms with Crippen LogP contribution >= 0.6 is 34.8 Å². The molecule has 6 aromatic rings. The highest BCUT2D eigenvalue weighted by atomic mass is 35.5. The fourth-order valence-electron chi connectivity index (χ4n) is 5.31. The quantitative estimate of drug-likeness (QED) is 0.117. The van der Waals surface area contributed by atoms with Crippen LogP contribution in [-0.2, 0) is 22.7 Å². The maximum Gasteiger partial charge on any atom is 0.325 e. The first-order chi connectivity index (χ1) is 26.0. The molecular weight excluding hydrogens is 790 g/mol. The second kappa shape index (κ2) is 16.4. The number of rotatable bonds is 10. The fourth-order valence-corrected chi connectivity index (χ4v) is 5.83. The Morgan fingerprint density at radius 3 is 1.58 bits per heavy atom. The number of aliphatic carboxylic acids is 2. The van der Waals surface area contributed by atoms with E-state index in [2.05, 4.69) is 10.6 Å². The zero-order chi connectivity index (χ0) is 40.3. The molecule has 6 N–H and O–H groups in total. The summed E-state index contributed by atoms with van der Waals surface area (Å²) in [6.45, 7) is 0.551. The van der Waals surface area contributed by atoms with E-state index in [0.29, 0.717) is 10.6 Å². The summed E-state index contributed by atoms with van der Waals surface area (Å²) >= 11 is 17.8. The van der Waals surface area contributed by atoms with Gasteiger partial charge in [0, 0.05) is 17.4 Å². The number of aromatic hydroxyl groups is 2. The third kappa shape index (κ3) is 8.75. The number of nitrogens with zero attached hydrogens (tertiary/aromatic N) is 4. The van der Waals surface area contributed by atoms with Gasteiger partial charge in [-0.05, 0) is 54.4 Å². The maximum absolute atomic E-state index is 13.1. The van der Waals surface area contributed by atoms with E-state index in [1.54, 1.807) is 24.3 Å². The number of amides is 2. The van der Waals surface area contributed by atoms with Crippen molar-refractivity contribution in [1.29, 1.82) is 0 Å². The van der Waals surface area contributed by atoms with Crippen molar-refractivity contribution in [2.45, 2.75) is 26.1 Å². The first kappa shape index (κ1) is 39.9. The van der Waals surface area contributed by atoms with Crippen molar-refractivity contribution >= 4 is 69.6 Å². The van der Waals surface area contributed by atoms with Gasteiger partial charge in [-0.15, -0.1) is 0 Å². The second-order valence-corrected chi connectivity index (χ2v) is 13.1. The van der Waals surface area contributed by atoms with Gasteiger partial charge in [-0.3, -0.25) is 37.8 Å². The van der Waals surface area contributed by atoms with Crippen LogP contribution in [0.4, 0.5) is 4.39 Å². The molecule has 4 aromatic heterocycles. The molecule has 55 heavy (non-hydrogen) atoms. The van der Waals surface area contributed by atoms with Gasteiger partial charge in [0.05, 0.1) is 23.1 Å². The Bertz CT molecular complexity index is 2600. The highest BCUT2D eigenvalue weighted by Crippen LogP contribution is 2.27. The maximum atomic E-state index is 13.1. The Morgan fingerprint density at radius 1 is 0.709 bits per heavy atom. The number of carbonyl (C=O) groups is 4. The highest BCUT2D eigenvalue weighted by Gasteiger charge is 2.26. The van der Waals surface area contributed by atoms with E-state index in [1.807, 2.05) is 0 Å². The van der Waals surface area contributed by atoms with Gasteiger partial charge in [-0.25, -0.2) is 13.8 Å². The van der Waals surface area contributed by atoms with Crippen molar-refractivity contribution < 1.29 is 44.0 Å². The van der Waals surface area contributed by atoms with Crippen LogP contribution in [-0.4, -0.2) is 75.2 Å². The average molecular weight is 818 g/mol. The molecule has 0 saturated carbocycles. The van der Waals surface area contributed by atoms with E-state index >= 15 is 0 Å². The van der Waals surface area contributed by atoms with Gasteiger partial charge < -0.3 is 31.1 Å². The Labute approximate surface area is 322 Å². The number of halogens is 4. The van der Waals surface area contributed by atoms with Crippen LogP contribution in [0.5, 0.6) is 11.5 Å². The number of fused-ring (bicyclic) bond motifs is 2. The van der Waals surface area contributed by atoms with Crippen LogP contribution < -0.4 is 21.8 Å². The molecule has 6 rings (SSSR count). The lowest BCUT2D eigenvalue weighted by Gasteiger charge is -2.15. The van der Waals surface area contributed by atoms with Crippen molar-refractivity contribution in [2.24, 2.45) is 0 Å². The van der Waals surface area contributed by atoms with Crippen molar-refractivity contribution in [3.63, 3.8) is 0 Å². The van der Waals surface area contributed by atoms with Crippen LogP contribution in [0.2, 0.25) is 15.1 Å². The minimum absolute atomic E-state index is 0.0460. The van der Waals surface area contributed by atoms with E-state index in [0.717, 1.165) is 10.2 Å². The molecule has 286 valence electrons. The fraction of sp³-hybridized carbons (Fsp3) is 0.143. The topological polar surface area (TPSA) is 226 Å². The lowest BCUT2D eigenvalue weighted by molar-refractivity contribution is -0.139. The summed E-state index contributed by atoms with van der Waals surface area (Å²) in [6, 6.07) is 13.6. The second-order valence-electron chi connectivity index (χ2n) is 11.8. The molecule has 0 bridgehead atoms. The largest absolute Gasteiger partial charge is 0.505 e. The van der Waals surface area contributed by atoms with Gasteiger partial charge in [-0.2, -0.15) is 0 Å². The summed E-state index contributed by atoms with van der Waals surface area (Å²) in [6.07, 6.45) is 2.80. The van der Waals surface area contributed by atoms with E-state index in [9.17, 15) is 43.4 Å². The number of nitrogens with one attached hydrogen (secondary N) is 2. The van der Waals surface area contributed by atoms with Gasteiger partial charge in [0.2, 0.25) is 0 Å². The zero-order valence-corrected chi connectivity index (χ0v) is 30.4. The number of carboxylic acid groups (broad SMARTS) is 2. The number of carbonyl (C=O) groups excluding carboxylic acids is 2. The van der Waals surface area contributed by atoms with E-state index in [4.69, 9.17) is 45.0 Å². The lowest BCUT2D eigenvalue weighted by atomic mass is 10.2. The molecule has 0 saturated heterocycles. The van der Waals surface area contributed by atoms with Crippen molar-refractivity contribution in [1.82, 2.24) is 29.0 Å². The lowest BCUT2D eigenvalue weighted by Crippen LogP contribution is -2.42. The predicted molar refractivity (Wildman–Crippen MR) is 197 cm³/mol. The van der Waals surface area contributed by atoms with Crippen molar-refractivity contribution in [3.05, 3.63) is 137 Å². The summed E-state index contributed by atoms with van der Waals surface area (Å²) in [4.78, 5) is 72.2. The minimum Gasteiger partial charge on any atom is -0.505 e. The molecule has 2 amide bonds. The van der Waals surface area contributed by atoms with Crippen LogP contribution in [0, 0.1) is 5.82 Å². The molecule has 0 spiro atoms.